The molecule has 0 atom stereocenters. The second-order valence-corrected chi connectivity index (χ2v) is 6.56. The van der Waals surface area contributed by atoms with Crippen LogP contribution in [0.4, 0.5) is 0 Å². The lowest BCUT2D eigenvalue weighted by Gasteiger charge is -2.35. The normalized spacial score (nSPS) is 18.9. The SMILES string of the molecule is O=Cc1cnn(CC2CC(NC(=O)c3cc(-c4ccccc4)no3)C2)c1. The van der Waals surface area contributed by atoms with E-state index in [1.807, 2.05) is 30.3 Å². The molecule has 1 aliphatic rings. The molecule has 0 aliphatic heterocycles. The van der Waals surface area contributed by atoms with Crippen LogP contribution in [-0.2, 0) is 6.54 Å². The maximum atomic E-state index is 12.3. The quantitative estimate of drug-likeness (QED) is 0.690. The van der Waals surface area contributed by atoms with Gasteiger partial charge in [-0.25, -0.2) is 0 Å². The minimum Gasteiger partial charge on any atom is -0.350 e. The van der Waals surface area contributed by atoms with Crippen molar-refractivity contribution in [1.82, 2.24) is 20.3 Å². The Morgan fingerprint density at radius 3 is 2.85 bits per heavy atom. The van der Waals surface area contributed by atoms with Crippen LogP contribution in [0, 0.1) is 5.92 Å². The van der Waals surface area contributed by atoms with Crippen LogP contribution in [0.25, 0.3) is 11.3 Å². The molecule has 2 aromatic heterocycles. The first-order chi connectivity index (χ1) is 12.7. The molecule has 1 aliphatic carbocycles. The van der Waals surface area contributed by atoms with Crippen molar-refractivity contribution >= 4 is 12.2 Å². The molecule has 0 unspecified atom stereocenters. The highest BCUT2D eigenvalue weighted by molar-refractivity contribution is 5.92. The van der Waals surface area contributed by atoms with Crippen molar-refractivity contribution in [2.24, 2.45) is 5.92 Å². The maximum Gasteiger partial charge on any atom is 0.290 e. The lowest BCUT2D eigenvalue weighted by Crippen LogP contribution is -2.45. The van der Waals surface area contributed by atoms with E-state index in [0.29, 0.717) is 17.2 Å². The van der Waals surface area contributed by atoms with Gasteiger partial charge in [-0.3, -0.25) is 14.3 Å². The van der Waals surface area contributed by atoms with E-state index in [9.17, 15) is 9.59 Å². The number of nitrogens with zero attached hydrogens (tertiary/aromatic N) is 3. The third-order valence-corrected chi connectivity index (χ3v) is 4.61. The summed E-state index contributed by atoms with van der Waals surface area (Å²) < 4.78 is 6.95. The minimum absolute atomic E-state index is 0.124. The predicted molar refractivity (Wildman–Crippen MR) is 93.5 cm³/mol. The Morgan fingerprint density at radius 1 is 1.31 bits per heavy atom. The van der Waals surface area contributed by atoms with Gasteiger partial charge in [0, 0.05) is 30.4 Å². The number of nitrogens with one attached hydrogen (secondary N) is 1. The number of carbonyl (C=O) groups is 2. The van der Waals surface area contributed by atoms with Gasteiger partial charge in [0.2, 0.25) is 5.76 Å². The maximum absolute atomic E-state index is 12.3. The van der Waals surface area contributed by atoms with E-state index >= 15 is 0 Å². The van der Waals surface area contributed by atoms with E-state index in [2.05, 4.69) is 15.6 Å². The Kier molecular flexibility index (Phi) is 4.35. The van der Waals surface area contributed by atoms with Gasteiger partial charge in [0.15, 0.2) is 6.29 Å². The van der Waals surface area contributed by atoms with Crippen molar-refractivity contribution in [3.63, 3.8) is 0 Å². The first-order valence-electron chi connectivity index (χ1n) is 8.52. The van der Waals surface area contributed by atoms with Crippen LogP contribution >= 0.6 is 0 Å². The van der Waals surface area contributed by atoms with Crippen LogP contribution < -0.4 is 5.32 Å². The summed E-state index contributed by atoms with van der Waals surface area (Å²) in [6.45, 7) is 0.751. The smallest absolute Gasteiger partial charge is 0.290 e. The molecule has 0 saturated heterocycles. The Bertz CT molecular complexity index is 910. The van der Waals surface area contributed by atoms with E-state index in [1.54, 1.807) is 23.1 Å². The molecule has 0 bridgehead atoms. The third-order valence-electron chi connectivity index (χ3n) is 4.61. The molecule has 1 N–H and O–H groups in total. The standard InChI is InChI=1S/C19H18N4O3/c24-12-14-9-20-23(11-14)10-13-6-16(7-13)21-19(25)18-8-17(22-26-18)15-4-2-1-3-5-15/h1-5,8-9,11-13,16H,6-7,10H2,(H,21,25). The van der Waals surface area contributed by atoms with Crippen LogP contribution in [0.5, 0.6) is 0 Å². The second kappa shape index (κ2) is 6.95. The number of amides is 1. The lowest BCUT2D eigenvalue weighted by atomic mass is 9.80. The van der Waals surface area contributed by atoms with Gasteiger partial charge in [-0.05, 0) is 18.8 Å². The van der Waals surface area contributed by atoms with Gasteiger partial charge in [0.05, 0.1) is 11.8 Å². The summed E-state index contributed by atoms with van der Waals surface area (Å²) in [4.78, 5) is 23.0. The molecule has 1 saturated carbocycles. The molecule has 0 spiro atoms. The van der Waals surface area contributed by atoms with Gasteiger partial charge in [0.1, 0.15) is 5.69 Å². The number of aldehydes is 1. The Balaban J connectivity index is 1.28. The molecule has 2 heterocycles. The van der Waals surface area contributed by atoms with Crippen LogP contribution in [0.1, 0.15) is 33.8 Å². The summed E-state index contributed by atoms with van der Waals surface area (Å²) in [5, 5.41) is 11.1. The molecular formula is C19H18N4O3. The molecule has 1 fully saturated rings. The number of carbonyl (C=O) groups excluding carboxylic acids is 2. The minimum atomic E-state index is -0.245. The zero-order valence-electron chi connectivity index (χ0n) is 14.0. The monoisotopic (exact) mass is 350 g/mol. The zero-order chi connectivity index (χ0) is 17.9. The molecule has 132 valence electrons. The van der Waals surface area contributed by atoms with Crippen LogP contribution in [0.3, 0.4) is 0 Å². The Labute approximate surface area is 150 Å². The number of aromatic nitrogens is 3. The highest BCUT2D eigenvalue weighted by atomic mass is 16.5. The first kappa shape index (κ1) is 16.3. The highest BCUT2D eigenvalue weighted by Gasteiger charge is 2.31. The summed E-state index contributed by atoms with van der Waals surface area (Å²) in [5.74, 6) is 0.412. The average molecular weight is 350 g/mol. The predicted octanol–water partition coefficient (Wildman–Crippen LogP) is 2.56. The summed E-state index contributed by atoms with van der Waals surface area (Å²) in [6.07, 6.45) is 5.83. The van der Waals surface area contributed by atoms with Crippen LogP contribution in [0.2, 0.25) is 0 Å². The zero-order valence-corrected chi connectivity index (χ0v) is 14.0. The van der Waals surface area contributed by atoms with Gasteiger partial charge in [-0.15, -0.1) is 0 Å². The fourth-order valence-electron chi connectivity index (χ4n) is 3.19. The van der Waals surface area contributed by atoms with E-state index in [4.69, 9.17) is 4.52 Å². The van der Waals surface area contributed by atoms with Crippen molar-refractivity contribution in [2.75, 3.05) is 0 Å². The van der Waals surface area contributed by atoms with E-state index in [-0.39, 0.29) is 17.7 Å². The number of hydrogen-bond donors (Lipinski definition) is 1. The molecule has 0 radical (unpaired) electrons. The molecule has 7 nitrogen and oxygen atoms in total. The molecule has 3 aromatic rings. The van der Waals surface area contributed by atoms with E-state index in [0.717, 1.165) is 31.2 Å². The summed E-state index contributed by atoms with van der Waals surface area (Å²) in [5.41, 5.74) is 2.13. The van der Waals surface area contributed by atoms with Crippen molar-refractivity contribution in [2.45, 2.75) is 25.4 Å². The molecule has 26 heavy (non-hydrogen) atoms. The van der Waals surface area contributed by atoms with Gasteiger partial charge < -0.3 is 9.84 Å². The summed E-state index contributed by atoms with van der Waals surface area (Å²) in [7, 11) is 0. The molecule has 1 amide bonds. The third kappa shape index (κ3) is 3.42. The highest BCUT2D eigenvalue weighted by Crippen LogP contribution is 2.29. The fraction of sp³-hybridized carbons (Fsp3) is 0.263. The van der Waals surface area contributed by atoms with Gasteiger partial charge >= 0.3 is 0 Å². The average Bonchev–Trinajstić information content (AvgIpc) is 3.30. The fourth-order valence-corrected chi connectivity index (χ4v) is 3.19. The van der Waals surface area contributed by atoms with Crippen LogP contribution in [0.15, 0.2) is 53.3 Å². The van der Waals surface area contributed by atoms with E-state index < -0.39 is 0 Å². The van der Waals surface area contributed by atoms with E-state index in [1.165, 1.54) is 0 Å². The first-order valence-corrected chi connectivity index (χ1v) is 8.52. The van der Waals surface area contributed by atoms with Crippen molar-refractivity contribution < 1.29 is 14.1 Å². The molecule has 4 rings (SSSR count). The number of benzene rings is 1. The van der Waals surface area contributed by atoms with Crippen molar-refractivity contribution in [3.8, 4) is 11.3 Å². The second-order valence-electron chi connectivity index (χ2n) is 6.56. The van der Waals surface area contributed by atoms with Crippen molar-refractivity contribution in [1.29, 1.82) is 0 Å². The molecule has 7 heteroatoms. The van der Waals surface area contributed by atoms with Crippen molar-refractivity contribution in [3.05, 3.63) is 60.1 Å². The van der Waals surface area contributed by atoms with Gasteiger partial charge in [0.25, 0.3) is 5.91 Å². The van der Waals surface area contributed by atoms with Gasteiger partial charge in [-0.1, -0.05) is 35.5 Å². The van der Waals surface area contributed by atoms with Crippen LogP contribution in [-0.4, -0.2) is 33.2 Å². The number of hydrogen-bond acceptors (Lipinski definition) is 5. The lowest BCUT2D eigenvalue weighted by molar-refractivity contribution is 0.0842. The molecular weight excluding hydrogens is 332 g/mol. The summed E-state index contributed by atoms with van der Waals surface area (Å²) in [6, 6.07) is 11.4. The largest absolute Gasteiger partial charge is 0.350 e. The number of rotatable bonds is 6. The van der Waals surface area contributed by atoms with Gasteiger partial charge in [-0.2, -0.15) is 5.10 Å². The Morgan fingerprint density at radius 2 is 2.12 bits per heavy atom. The topological polar surface area (TPSA) is 90.0 Å². The Hall–Kier alpha value is -3.22. The summed E-state index contributed by atoms with van der Waals surface area (Å²) >= 11 is 0. The molecule has 1 aromatic carbocycles.